The molecule has 2 heterocycles. The Balaban J connectivity index is 2.32. The Labute approximate surface area is 132 Å². The van der Waals surface area contributed by atoms with Crippen LogP contribution in [0.2, 0.25) is 0 Å². The molecule has 0 saturated heterocycles. The molecule has 0 bridgehead atoms. The molecule has 0 atom stereocenters. The standard InChI is InChI=1S/C17H14BrN3/c1-11-3-5-13(6-4-11)16-15(7-8-19)21-10-14(18)9-12(2)17(21)20-16/h3-6,9-10H,7H2,1-2H3. The van der Waals surface area contributed by atoms with Gasteiger partial charge in [0, 0.05) is 16.2 Å². The van der Waals surface area contributed by atoms with Gasteiger partial charge in [-0.05, 0) is 41.4 Å². The summed E-state index contributed by atoms with van der Waals surface area (Å²) < 4.78 is 3.00. The van der Waals surface area contributed by atoms with Gasteiger partial charge in [-0.1, -0.05) is 29.8 Å². The van der Waals surface area contributed by atoms with Crippen LogP contribution in [0.5, 0.6) is 0 Å². The van der Waals surface area contributed by atoms with Gasteiger partial charge in [0.25, 0.3) is 0 Å². The molecule has 0 amide bonds. The van der Waals surface area contributed by atoms with Gasteiger partial charge in [0.15, 0.2) is 0 Å². The molecule has 104 valence electrons. The van der Waals surface area contributed by atoms with Gasteiger partial charge in [-0.25, -0.2) is 4.98 Å². The predicted molar refractivity (Wildman–Crippen MR) is 87.1 cm³/mol. The Morgan fingerprint density at radius 2 is 1.95 bits per heavy atom. The van der Waals surface area contributed by atoms with E-state index in [1.165, 1.54) is 5.56 Å². The largest absolute Gasteiger partial charge is 0.301 e. The Kier molecular flexibility index (Phi) is 3.52. The molecule has 21 heavy (non-hydrogen) atoms. The summed E-state index contributed by atoms with van der Waals surface area (Å²) in [6.45, 7) is 4.09. The van der Waals surface area contributed by atoms with Crippen molar-refractivity contribution in [2.24, 2.45) is 0 Å². The molecule has 0 unspecified atom stereocenters. The number of halogens is 1. The molecular weight excluding hydrogens is 326 g/mol. The summed E-state index contributed by atoms with van der Waals surface area (Å²) in [5.41, 5.74) is 6.06. The van der Waals surface area contributed by atoms with Crippen molar-refractivity contribution in [3.05, 3.63) is 57.8 Å². The molecule has 4 heteroatoms. The maximum Gasteiger partial charge on any atom is 0.140 e. The van der Waals surface area contributed by atoms with Crippen molar-refractivity contribution in [2.45, 2.75) is 20.3 Å². The lowest BCUT2D eigenvalue weighted by Crippen LogP contribution is -1.94. The zero-order valence-corrected chi connectivity index (χ0v) is 13.5. The number of pyridine rings is 1. The van der Waals surface area contributed by atoms with Gasteiger partial charge in [0.1, 0.15) is 5.65 Å². The molecule has 0 fully saturated rings. The molecule has 3 nitrogen and oxygen atoms in total. The van der Waals surface area contributed by atoms with Crippen molar-refractivity contribution in [1.29, 1.82) is 5.26 Å². The van der Waals surface area contributed by atoms with E-state index in [1.54, 1.807) is 0 Å². The minimum Gasteiger partial charge on any atom is -0.301 e. The van der Waals surface area contributed by atoms with Crippen LogP contribution < -0.4 is 0 Å². The maximum atomic E-state index is 9.15. The molecule has 0 saturated carbocycles. The van der Waals surface area contributed by atoms with Crippen LogP contribution in [0.1, 0.15) is 16.8 Å². The fourth-order valence-electron chi connectivity index (χ4n) is 2.50. The Morgan fingerprint density at radius 3 is 2.62 bits per heavy atom. The van der Waals surface area contributed by atoms with Crippen LogP contribution in [0.4, 0.5) is 0 Å². The van der Waals surface area contributed by atoms with Crippen LogP contribution in [-0.4, -0.2) is 9.38 Å². The van der Waals surface area contributed by atoms with Crippen LogP contribution in [0, 0.1) is 25.2 Å². The Morgan fingerprint density at radius 1 is 1.24 bits per heavy atom. The number of benzene rings is 1. The molecule has 0 aliphatic heterocycles. The third kappa shape index (κ3) is 2.45. The van der Waals surface area contributed by atoms with E-state index < -0.39 is 0 Å². The van der Waals surface area contributed by atoms with Gasteiger partial charge < -0.3 is 4.40 Å². The van der Waals surface area contributed by atoms with Crippen molar-refractivity contribution in [3.63, 3.8) is 0 Å². The fourth-order valence-corrected chi connectivity index (χ4v) is 3.05. The van der Waals surface area contributed by atoms with Crippen LogP contribution >= 0.6 is 15.9 Å². The average Bonchev–Trinajstić information content (AvgIpc) is 2.80. The molecule has 0 spiro atoms. The van der Waals surface area contributed by atoms with Crippen molar-refractivity contribution < 1.29 is 0 Å². The zero-order valence-electron chi connectivity index (χ0n) is 11.9. The molecule has 1 aromatic carbocycles. The van der Waals surface area contributed by atoms with Crippen LogP contribution in [0.25, 0.3) is 16.9 Å². The Hall–Kier alpha value is -2.12. The van der Waals surface area contributed by atoms with Gasteiger partial charge >= 0.3 is 0 Å². The number of fused-ring (bicyclic) bond motifs is 1. The predicted octanol–water partition coefficient (Wildman–Crippen LogP) is 4.45. The normalized spacial score (nSPS) is 10.8. The highest BCUT2D eigenvalue weighted by Gasteiger charge is 2.15. The van der Waals surface area contributed by atoms with Crippen LogP contribution in [0.3, 0.4) is 0 Å². The van der Waals surface area contributed by atoms with Gasteiger partial charge in [-0.2, -0.15) is 5.26 Å². The van der Waals surface area contributed by atoms with E-state index in [9.17, 15) is 0 Å². The summed E-state index contributed by atoms with van der Waals surface area (Å²) >= 11 is 3.51. The lowest BCUT2D eigenvalue weighted by atomic mass is 10.1. The third-order valence-electron chi connectivity index (χ3n) is 3.54. The second-order valence-corrected chi connectivity index (χ2v) is 6.06. The first-order valence-corrected chi connectivity index (χ1v) is 7.50. The number of nitriles is 1. The fraction of sp³-hybridized carbons (Fsp3) is 0.176. The third-order valence-corrected chi connectivity index (χ3v) is 3.97. The number of hydrogen-bond donors (Lipinski definition) is 0. The van der Waals surface area contributed by atoms with E-state index in [2.05, 4.69) is 53.2 Å². The second-order valence-electron chi connectivity index (χ2n) is 5.14. The van der Waals surface area contributed by atoms with Gasteiger partial charge in [0.05, 0.1) is 23.9 Å². The van der Waals surface area contributed by atoms with Crippen LogP contribution in [-0.2, 0) is 6.42 Å². The number of imidazole rings is 1. The minimum absolute atomic E-state index is 0.334. The first-order chi connectivity index (χ1) is 10.1. The molecule has 3 rings (SSSR count). The van der Waals surface area contributed by atoms with E-state index in [-0.39, 0.29) is 0 Å². The average molecular weight is 340 g/mol. The summed E-state index contributed by atoms with van der Waals surface area (Å²) in [6, 6.07) is 12.5. The molecule has 0 N–H and O–H groups in total. The topological polar surface area (TPSA) is 41.1 Å². The number of rotatable bonds is 2. The highest BCUT2D eigenvalue weighted by molar-refractivity contribution is 9.10. The maximum absolute atomic E-state index is 9.15. The number of aromatic nitrogens is 2. The molecule has 0 aliphatic rings. The Bertz CT molecular complexity index is 854. The van der Waals surface area contributed by atoms with Crippen molar-refractivity contribution >= 4 is 21.6 Å². The summed E-state index contributed by atoms with van der Waals surface area (Å²) in [5.74, 6) is 0. The van der Waals surface area contributed by atoms with E-state index in [0.717, 1.165) is 32.6 Å². The van der Waals surface area contributed by atoms with Crippen LogP contribution in [0.15, 0.2) is 41.0 Å². The van der Waals surface area contributed by atoms with E-state index in [1.807, 2.05) is 23.6 Å². The monoisotopic (exact) mass is 339 g/mol. The summed E-state index contributed by atoms with van der Waals surface area (Å²) in [6.07, 6.45) is 2.31. The second kappa shape index (κ2) is 5.34. The van der Waals surface area contributed by atoms with Gasteiger partial charge in [-0.3, -0.25) is 0 Å². The van der Waals surface area contributed by atoms with Gasteiger partial charge in [-0.15, -0.1) is 0 Å². The number of nitrogens with zero attached hydrogens (tertiary/aromatic N) is 3. The smallest absolute Gasteiger partial charge is 0.140 e. The number of hydrogen-bond acceptors (Lipinski definition) is 2. The molecule has 0 aliphatic carbocycles. The van der Waals surface area contributed by atoms with Gasteiger partial charge in [0.2, 0.25) is 0 Å². The minimum atomic E-state index is 0.334. The molecular formula is C17H14BrN3. The summed E-state index contributed by atoms with van der Waals surface area (Å²) in [7, 11) is 0. The van der Waals surface area contributed by atoms with Crippen molar-refractivity contribution in [2.75, 3.05) is 0 Å². The van der Waals surface area contributed by atoms with E-state index in [4.69, 9.17) is 10.2 Å². The molecule has 2 aromatic heterocycles. The van der Waals surface area contributed by atoms with E-state index >= 15 is 0 Å². The first-order valence-electron chi connectivity index (χ1n) is 6.71. The molecule has 0 radical (unpaired) electrons. The lowest BCUT2D eigenvalue weighted by molar-refractivity contribution is 1.04. The highest BCUT2D eigenvalue weighted by Crippen LogP contribution is 2.28. The van der Waals surface area contributed by atoms with E-state index in [0.29, 0.717) is 6.42 Å². The summed E-state index contributed by atoms with van der Waals surface area (Å²) in [5, 5.41) is 9.15. The summed E-state index contributed by atoms with van der Waals surface area (Å²) in [4.78, 5) is 4.76. The lowest BCUT2D eigenvalue weighted by Gasteiger charge is -2.03. The molecule has 3 aromatic rings. The SMILES string of the molecule is Cc1ccc(-c2nc3c(C)cc(Br)cn3c2CC#N)cc1. The highest BCUT2D eigenvalue weighted by atomic mass is 79.9. The first kappa shape index (κ1) is 13.8. The zero-order chi connectivity index (χ0) is 15.0. The number of aryl methyl sites for hydroxylation is 2. The van der Waals surface area contributed by atoms with Crippen molar-refractivity contribution in [3.8, 4) is 17.3 Å². The van der Waals surface area contributed by atoms with Crippen molar-refractivity contribution in [1.82, 2.24) is 9.38 Å². The quantitative estimate of drug-likeness (QED) is 0.692.